The van der Waals surface area contributed by atoms with Gasteiger partial charge in [-0.05, 0) is 51.1 Å². The van der Waals surface area contributed by atoms with Crippen LogP contribution in [0.15, 0.2) is 12.2 Å². The molecule has 13 heavy (non-hydrogen) atoms. The number of hydrogen-bond donors (Lipinski definition) is 2. The third kappa shape index (κ3) is 4.44. The molecular formula is C11H24N2. The molecule has 0 amide bonds. The lowest BCUT2D eigenvalue weighted by Crippen LogP contribution is -2.30. The average Bonchev–Trinajstić information content (AvgIpc) is 2.20. The summed E-state index contributed by atoms with van der Waals surface area (Å²) in [5.74, 6) is 0. The van der Waals surface area contributed by atoms with E-state index >= 15 is 0 Å². The molecule has 1 unspecified atom stereocenters. The summed E-state index contributed by atoms with van der Waals surface area (Å²) in [6.07, 6.45) is 8.79. The topological polar surface area (TPSA) is 52.0 Å². The van der Waals surface area contributed by atoms with Crippen molar-refractivity contribution < 1.29 is 0 Å². The molecule has 4 N–H and O–H groups in total. The SMILES string of the molecule is CC=CCC(CC)(CN)CCCN. The molecule has 0 fully saturated rings. The zero-order chi connectivity index (χ0) is 10.2. The molecule has 0 rings (SSSR count). The van der Waals surface area contributed by atoms with E-state index in [9.17, 15) is 0 Å². The highest BCUT2D eigenvalue weighted by Crippen LogP contribution is 2.31. The van der Waals surface area contributed by atoms with E-state index in [0.29, 0.717) is 5.41 Å². The fourth-order valence-corrected chi connectivity index (χ4v) is 1.60. The van der Waals surface area contributed by atoms with Crippen molar-refractivity contribution in [1.29, 1.82) is 0 Å². The van der Waals surface area contributed by atoms with Gasteiger partial charge in [-0.15, -0.1) is 0 Å². The minimum atomic E-state index is 0.298. The first-order valence-corrected chi connectivity index (χ1v) is 5.26. The van der Waals surface area contributed by atoms with Crippen molar-refractivity contribution in [3.05, 3.63) is 12.2 Å². The molecule has 1 atom stereocenters. The van der Waals surface area contributed by atoms with Crippen LogP contribution in [0.4, 0.5) is 0 Å². The Morgan fingerprint density at radius 1 is 1.31 bits per heavy atom. The van der Waals surface area contributed by atoms with Crippen LogP contribution in [0, 0.1) is 5.41 Å². The molecule has 0 aliphatic rings. The fraction of sp³-hybridized carbons (Fsp3) is 0.818. The Labute approximate surface area is 82.4 Å². The van der Waals surface area contributed by atoms with Gasteiger partial charge in [-0.3, -0.25) is 0 Å². The average molecular weight is 184 g/mol. The minimum Gasteiger partial charge on any atom is -0.330 e. The Morgan fingerprint density at radius 2 is 2.00 bits per heavy atom. The molecule has 0 saturated carbocycles. The monoisotopic (exact) mass is 184 g/mol. The van der Waals surface area contributed by atoms with Crippen molar-refractivity contribution in [3.63, 3.8) is 0 Å². The highest BCUT2D eigenvalue weighted by atomic mass is 14.6. The van der Waals surface area contributed by atoms with Crippen LogP contribution in [0.5, 0.6) is 0 Å². The minimum absolute atomic E-state index is 0.298. The van der Waals surface area contributed by atoms with Crippen LogP contribution >= 0.6 is 0 Å². The molecule has 0 spiro atoms. The summed E-state index contributed by atoms with van der Waals surface area (Å²) in [5.41, 5.74) is 11.6. The van der Waals surface area contributed by atoms with Gasteiger partial charge in [0.25, 0.3) is 0 Å². The van der Waals surface area contributed by atoms with Crippen LogP contribution in [-0.2, 0) is 0 Å². The summed E-state index contributed by atoms with van der Waals surface area (Å²) in [7, 11) is 0. The second kappa shape index (κ2) is 7.10. The Hall–Kier alpha value is -0.340. The Kier molecular flexibility index (Phi) is 6.92. The maximum Gasteiger partial charge on any atom is -0.00177 e. The van der Waals surface area contributed by atoms with E-state index in [1.807, 2.05) is 0 Å². The lowest BCUT2D eigenvalue weighted by Gasteiger charge is -2.30. The largest absolute Gasteiger partial charge is 0.330 e. The molecule has 0 aromatic heterocycles. The first-order valence-electron chi connectivity index (χ1n) is 5.26. The molecular weight excluding hydrogens is 160 g/mol. The van der Waals surface area contributed by atoms with Crippen LogP contribution in [0.2, 0.25) is 0 Å². The highest BCUT2D eigenvalue weighted by Gasteiger charge is 2.23. The standard InChI is InChI=1S/C11H24N2/c1-3-5-7-11(4-2,10-13)8-6-9-12/h3,5H,4,6-10,12-13H2,1-2H3. The molecule has 0 aliphatic heterocycles. The van der Waals surface area contributed by atoms with Crippen LogP contribution in [0.3, 0.4) is 0 Å². The van der Waals surface area contributed by atoms with Gasteiger partial charge in [-0.1, -0.05) is 19.1 Å². The van der Waals surface area contributed by atoms with Crippen LogP contribution in [-0.4, -0.2) is 13.1 Å². The fourth-order valence-electron chi connectivity index (χ4n) is 1.60. The summed E-state index contributed by atoms with van der Waals surface area (Å²) in [6.45, 7) is 5.82. The van der Waals surface area contributed by atoms with Crippen molar-refractivity contribution in [1.82, 2.24) is 0 Å². The molecule has 0 bridgehead atoms. The quantitative estimate of drug-likeness (QED) is 0.595. The van der Waals surface area contributed by atoms with E-state index in [-0.39, 0.29) is 0 Å². The van der Waals surface area contributed by atoms with E-state index in [4.69, 9.17) is 11.5 Å². The third-order valence-electron chi connectivity index (χ3n) is 2.88. The van der Waals surface area contributed by atoms with E-state index in [2.05, 4.69) is 26.0 Å². The Balaban J connectivity index is 4.12. The van der Waals surface area contributed by atoms with Crippen LogP contribution < -0.4 is 11.5 Å². The van der Waals surface area contributed by atoms with E-state index < -0.39 is 0 Å². The normalized spacial score (nSPS) is 16.3. The maximum atomic E-state index is 5.83. The molecule has 0 aromatic carbocycles. The first kappa shape index (κ1) is 12.7. The number of allylic oxidation sites excluding steroid dienone is 2. The van der Waals surface area contributed by atoms with Gasteiger partial charge in [-0.2, -0.15) is 0 Å². The molecule has 0 aliphatic carbocycles. The third-order valence-corrected chi connectivity index (χ3v) is 2.88. The summed E-state index contributed by atoms with van der Waals surface area (Å²) < 4.78 is 0. The van der Waals surface area contributed by atoms with Gasteiger partial charge in [0.2, 0.25) is 0 Å². The van der Waals surface area contributed by atoms with Crippen molar-refractivity contribution in [2.24, 2.45) is 16.9 Å². The first-order chi connectivity index (χ1) is 6.24. The highest BCUT2D eigenvalue weighted by molar-refractivity contribution is 4.89. The molecule has 0 radical (unpaired) electrons. The van der Waals surface area contributed by atoms with Crippen LogP contribution in [0.1, 0.15) is 39.5 Å². The molecule has 0 heterocycles. The molecule has 0 aromatic rings. The zero-order valence-corrected chi connectivity index (χ0v) is 9.05. The lowest BCUT2D eigenvalue weighted by atomic mass is 9.77. The zero-order valence-electron chi connectivity index (χ0n) is 9.05. The van der Waals surface area contributed by atoms with Gasteiger partial charge in [0.15, 0.2) is 0 Å². The van der Waals surface area contributed by atoms with Gasteiger partial charge in [0, 0.05) is 0 Å². The molecule has 2 nitrogen and oxygen atoms in total. The molecule has 78 valence electrons. The van der Waals surface area contributed by atoms with Crippen molar-refractivity contribution in [2.45, 2.75) is 39.5 Å². The number of hydrogen-bond acceptors (Lipinski definition) is 2. The van der Waals surface area contributed by atoms with Gasteiger partial charge in [0.05, 0.1) is 0 Å². The smallest absolute Gasteiger partial charge is 0.00177 e. The maximum absolute atomic E-state index is 5.83. The van der Waals surface area contributed by atoms with Crippen molar-refractivity contribution >= 4 is 0 Å². The molecule has 0 saturated heterocycles. The second-order valence-electron chi connectivity index (χ2n) is 3.72. The number of rotatable bonds is 7. The van der Waals surface area contributed by atoms with Gasteiger partial charge >= 0.3 is 0 Å². The van der Waals surface area contributed by atoms with Gasteiger partial charge < -0.3 is 11.5 Å². The summed E-state index contributed by atoms with van der Waals surface area (Å²) in [6, 6.07) is 0. The Morgan fingerprint density at radius 3 is 2.38 bits per heavy atom. The van der Waals surface area contributed by atoms with Crippen LogP contribution in [0.25, 0.3) is 0 Å². The summed E-state index contributed by atoms with van der Waals surface area (Å²) >= 11 is 0. The van der Waals surface area contributed by atoms with Gasteiger partial charge in [-0.25, -0.2) is 0 Å². The van der Waals surface area contributed by atoms with Gasteiger partial charge in [0.1, 0.15) is 0 Å². The van der Waals surface area contributed by atoms with Crippen molar-refractivity contribution in [3.8, 4) is 0 Å². The predicted octanol–water partition coefficient (Wildman–Crippen LogP) is 2.05. The summed E-state index contributed by atoms with van der Waals surface area (Å²) in [5, 5.41) is 0. The summed E-state index contributed by atoms with van der Waals surface area (Å²) in [4.78, 5) is 0. The lowest BCUT2D eigenvalue weighted by molar-refractivity contribution is 0.259. The van der Waals surface area contributed by atoms with E-state index in [1.165, 1.54) is 0 Å². The van der Waals surface area contributed by atoms with E-state index in [1.54, 1.807) is 0 Å². The predicted molar refractivity (Wildman–Crippen MR) is 59.5 cm³/mol. The van der Waals surface area contributed by atoms with Crippen molar-refractivity contribution in [2.75, 3.05) is 13.1 Å². The van der Waals surface area contributed by atoms with E-state index in [0.717, 1.165) is 38.8 Å². The molecule has 2 heteroatoms. The Bertz CT molecular complexity index is 137. The second-order valence-corrected chi connectivity index (χ2v) is 3.72. The number of nitrogens with two attached hydrogens (primary N) is 2.